The van der Waals surface area contributed by atoms with E-state index in [-0.39, 0.29) is 5.60 Å². The van der Waals surface area contributed by atoms with Gasteiger partial charge in [0.2, 0.25) is 0 Å². The molecule has 0 aliphatic rings. The second-order valence-electron chi connectivity index (χ2n) is 4.86. The van der Waals surface area contributed by atoms with Gasteiger partial charge in [0.1, 0.15) is 11.4 Å². The van der Waals surface area contributed by atoms with Gasteiger partial charge in [-0.15, -0.1) is 0 Å². The molecule has 0 aliphatic heterocycles. The predicted molar refractivity (Wildman–Crippen MR) is 69.2 cm³/mol. The van der Waals surface area contributed by atoms with Crippen LogP contribution >= 0.6 is 0 Å². The molecule has 16 heavy (non-hydrogen) atoms. The maximum atomic E-state index is 6.10. The zero-order chi connectivity index (χ0) is 12.2. The number of aryl methyl sites for hydroxylation is 2. The fraction of sp³-hybridized carbons (Fsp3) is 0.571. The third kappa shape index (κ3) is 3.53. The van der Waals surface area contributed by atoms with Crippen molar-refractivity contribution in [3.05, 3.63) is 29.3 Å². The Hall–Kier alpha value is -1.02. The molecule has 2 heteroatoms. The second kappa shape index (κ2) is 5.35. The standard InChI is InChI=1S/C14H23NO/c1-6-15-10-14(4,5)16-13-11(2)8-7-9-12(13)3/h7-9,15H,6,10H2,1-5H3. The molecule has 1 rings (SSSR count). The van der Waals surface area contributed by atoms with Crippen LogP contribution in [0.5, 0.6) is 5.75 Å². The van der Waals surface area contributed by atoms with Crippen LogP contribution in [0, 0.1) is 13.8 Å². The van der Waals surface area contributed by atoms with Crippen LogP contribution in [-0.2, 0) is 0 Å². The normalized spacial score (nSPS) is 11.6. The number of hydrogen-bond donors (Lipinski definition) is 1. The number of para-hydroxylation sites is 1. The molecule has 90 valence electrons. The number of ether oxygens (including phenoxy) is 1. The fourth-order valence-corrected chi connectivity index (χ4v) is 1.70. The first-order chi connectivity index (χ1) is 7.46. The molecule has 0 spiro atoms. The van der Waals surface area contributed by atoms with Gasteiger partial charge in [-0.3, -0.25) is 0 Å². The van der Waals surface area contributed by atoms with Crippen LogP contribution in [0.2, 0.25) is 0 Å². The minimum Gasteiger partial charge on any atom is -0.486 e. The van der Waals surface area contributed by atoms with Crippen molar-refractivity contribution in [2.75, 3.05) is 13.1 Å². The molecule has 0 amide bonds. The summed E-state index contributed by atoms with van der Waals surface area (Å²) >= 11 is 0. The number of benzene rings is 1. The van der Waals surface area contributed by atoms with E-state index in [2.05, 4.69) is 58.1 Å². The van der Waals surface area contributed by atoms with Gasteiger partial charge in [-0.05, 0) is 45.4 Å². The lowest BCUT2D eigenvalue weighted by molar-refractivity contribution is 0.107. The molecule has 0 aromatic heterocycles. The lowest BCUT2D eigenvalue weighted by Crippen LogP contribution is -2.40. The van der Waals surface area contributed by atoms with Gasteiger partial charge in [0.15, 0.2) is 0 Å². The first kappa shape index (κ1) is 13.0. The van der Waals surface area contributed by atoms with Gasteiger partial charge in [-0.2, -0.15) is 0 Å². The van der Waals surface area contributed by atoms with Gasteiger partial charge in [0.05, 0.1) is 0 Å². The molecule has 1 aromatic rings. The van der Waals surface area contributed by atoms with Gasteiger partial charge in [-0.25, -0.2) is 0 Å². The average Bonchev–Trinajstić information content (AvgIpc) is 2.21. The Bertz CT molecular complexity index is 324. The van der Waals surface area contributed by atoms with Crippen LogP contribution in [-0.4, -0.2) is 18.7 Å². The van der Waals surface area contributed by atoms with E-state index >= 15 is 0 Å². The predicted octanol–water partition coefficient (Wildman–Crippen LogP) is 3.07. The molecular formula is C14H23NO. The zero-order valence-corrected chi connectivity index (χ0v) is 11.1. The first-order valence-corrected chi connectivity index (χ1v) is 5.92. The molecule has 1 N–H and O–H groups in total. The van der Waals surface area contributed by atoms with Crippen molar-refractivity contribution in [1.82, 2.24) is 5.32 Å². The quantitative estimate of drug-likeness (QED) is 0.825. The van der Waals surface area contributed by atoms with Crippen LogP contribution in [0.4, 0.5) is 0 Å². The van der Waals surface area contributed by atoms with Crippen molar-refractivity contribution in [2.24, 2.45) is 0 Å². The molecule has 0 unspecified atom stereocenters. The van der Waals surface area contributed by atoms with Crippen molar-refractivity contribution in [3.63, 3.8) is 0 Å². The Labute approximate surface area is 99.0 Å². The van der Waals surface area contributed by atoms with Gasteiger partial charge in [0, 0.05) is 6.54 Å². The molecule has 0 saturated heterocycles. The number of hydrogen-bond acceptors (Lipinski definition) is 2. The number of likely N-dealkylation sites (N-methyl/N-ethyl adjacent to an activating group) is 1. The van der Waals surface area contributed by atoms with Crippen molar-refractivity contribution < 1.29 is 4.74 Å². The van der Waals surface area contributed by atoms with E-state index < -0.39 is 0 Å². The monoisotopic (exact) mass is 221 g/mol. The third-order valence-corrected chi connectivity index (χ3v) is 2.59. The molecular weight excluding hydrogens is 198 g/mol. The van der Waals surface area contributed by atoms with E-state index in [0.717, 1.165) is 18.8 Å². The number of rotatable bonds is 5. The summed E-state index contributed by atoms with van der Waals surface area (Å²) in [5.41, 5.74) is 2.22. The minimum atomic E-state index is -0.174. The highest BCUT2D eigenvalue weighted by molar-refractivity contribution is 5.40. The third-order valence-electron chi connectivity index (χ3n) is 2.59. The molecule has 0 fully saturated rings. The lowest BCUT2D eigenvalue weighted by Gasteiger charge is -2.28. The zero-order valence-electron chi connectivity index (χ0n) is 11.1. The van der Waals surface area contributed by atoms with Crippen LogP contribution in [0.3, 0.4) is 0 Å². The Morgan fingerprint density at radius 1 is 1.19 bits per heavy atom. The van der Waals surface area contributed by atoms with Crippen LogP contribution in [0.1, 0.15) is 31.9 Å². The summed E-state index contributed by atoms with van der Waals surface area (Å²) in [4.78, 5) is 0. The second-order valence-corrected chi connectivity index (χ2v) is 4.86. The molecule has 1 aromatic carbocycles. The molecule has 0 radical (unpaired) electrons. The number of nitrogens with one attached hydrogen (secondary N) is 1. The topological polar surface area (TPSA) is 21.3 Å². The molecule has 0 bridgehead atoms. The molecule has 0 saturated carbocycles. The smallest absolute Gasteiger partial charge is 0.125 e. The van der Waals surface area contributed by atoms with Crippen LogP contribution < -0.4 is 10.1 Å². The largest absolute Gasteiger partial charge is 0.486 e. The minimum absolute atomic E-state index is 0.174. The summed E-state index contributed by atoms with van der Waals surface area (Å²) in [5, 5.41) is 3.32. The summed E-state index contributed by atoms with van der Waals surface area (Å²) in [7, 11) is 0. The average molecular weight is 221 g/mol. The van der Waals surface area contributed by atoms with E-state index in [1.165, 1.54) is 11.1 Å². The summed E-state index contributed by atoms with van der Waals surface area (Å²) in [5.74, 6) is 1.02. The van der Waals surface area contributed by atoms with Crippen molar-refractivity contribution in [1.29, 1.82) is 0 Å². The Morgan fingerprint density at radius 3 is 2.25 bits per heavy atom. The van der Waals surface area contributed by atoms with E-state index in [1.807, 2.05) is 0 Å². The summed E-state index contributed by atoms with van der Waals surface area (Å²) in [6.07, 6.45) is 0. The Morgan fingerprint density at radius 2 is 1.75 bits per heavy atom. The van der Waals surface area contributed by atoms with Gasteiger partial charge < -0.3 is 10.1 Å². The van der Waals surface area contributed by atoms with E-state index in [4.69, 9.17) is 4.74 Å². The lowest BCUT2D eigenvalue weighted by atomic mass is 10.1. The van der Waals surface area contributed by atoms with Gasteiger partial charge >= 0.3 is 0 Å². The van der Waals surface area contributed by atoms with E-state index in [9.17, 15) is 0 Å². The highest BCUT2D eigenvalue weighted by atomic mass is 16.5. The summed E-state index contributed by atoms with van der Waals surface area (Å²) < 4.78 is 6.10. The van der Waals surface area contributed by atoms with Crippen molar-refractivity contribution in [3.8, 4) is 5.75 Å². The molecule has 0 heterocycles. The van der Waals surface area contributed by atoms with Crippen LogP contribution in [0.25, 0.3) is 0 Å². The Kier molecular flexibility index (Phi) is 4.36. The SMILES string of the molecule is CCNCC(C)(C)Oc1c(C)cccc1C. The van der Waals surface area contributed by atoms with Crippen LogP contribution in [0.15, 0.2) is 18.2 Å². The van der Waals surface area contributed by atoms with E-state index in [0.29, 0.717) is 0 Å². The first-order valence-electron chi connectivity index (χ1n) is 5.92. The molecule has 2 nitrogen and oxygen atoms in total. The summed E-state index contributed by atoms with van der Waals surface area (Å²) in [6.45, 7) is 12.3. The van der Waals surface area contributed by atoms with Gasteiger partial charge in [0.25, 0.3) is 0 Å². The Balaban J connectivity index is 2.79. The maximum absolute atomic E-state index is 6.10. The molecule has 0 atom stereocenters. The highest BCUT2D eigenvalue weighted by Crippen LogP contribution is 2.26. The maximum Gasteiger partial charge on any atom is 0.125 e. The summed E-state index contributed by atoms with van der Waals surface area (Å²) in [6, 6.07) is 6.24. The van der Waals surface area contributed by atoms with Crippen molar-refractivity contribution >= 4 is 0 Å². The highest BCUT2D eigenvalue weighted by Gasteiger charge is 2.20. The van der Waals surface area contributed by atoms with E-state index in [1.54, 1.807) is 0 Å². The fourth-order valence-electron chi connectivity index (χ4n) is 1.70. The van der Waals surface area contributed by atoms with Gasteiger partial charge in [-0.1, -0.05) is 25.1 Å². The molecule has 0 aliphatic carbocycles. The van der Waals surface area contributed by atoms with Crippen molar-refractivity contribution in [2.45, 2.75) is 40.2 Å².